The molecule has 2 aromatic carbocycles. The summed E-state index contributed by atoms with van der Waals surface area (Å²) in [4.78, 5) is 0.0657. The molecule has 0 fully saturated rings. The van der Waals surface area contributed by atoms with Gasteiger partial charge in [-0.05, 0) is 43.2 Å². The number of hydrogen-bond acceptors (Lipinski definition) is 3. The molecule has 21 heavy (non-hydrogen) atoms. The first-order valence-electron chi connectivity index (χ1n) is 6.49. The summed E-state index contributed by atoms with van der Waals surface area (Å²) in [6.07, 6.45) is 0.638. The predicted octanol–water partition coefficient (Wildman–Crippen LogP) is 2.52. The summed E-state index contributed by atoms with van der Waals surface area (Å²) in [5, 5.41) is 8.32. The predicted molar refractivity (Wildman–Crippen MR) is 81.0 cm³/mol. The van der Waals surface area contributed by atoms with E-state index in [9.17, 15) is 12.8 Å². The smallest absolute Gasteiger partial charge is 0.240 e. The molecule has 3 N–H and O–H groups in total. The summed E-state index contributed by atoms with van der Waals surface area (Å²) in [7, 11) is -3.77. The molecule has 0 saturated heterocycles. The summed E-state index contributed by atoms with van der Waals surface area (Å²) < 4.78 is 35.9. The molecule has 0 radical (unpaired) electrons. The Morgan fingerprint density at radius 3 is 2.38 bits per heavy atom. The van der Waals surface area contributed by atoms with E-state index in [2.05, 4.69) is 5.32 Å². The third-order valence-electron chi connectivity index (χ3n) is 3.05. The molecule has 0 bridgehead atoms. The number of nitrogens with one attached hydrogen (secondary N) is 1. The van der Waals surface area contributed by atoms with Gasteiger partial charge in [0.05, 0.1) is 5.69 Å². The molecule has 0 aliphatic rings. The van der Waals surface area contributed by atoms with E-state index >= 15 is 0 Å². The number of primary sulfonamides is 1. The zero-order valence-corrected chi connectivity index (χ0v) is 12.4. The number of nitrogens with two attached hydrogens (primary N) is 1. The molecule has 0 amide bonds. The summed E-state index contributed by atoms with van der Waals surface area (Å²) >= 11 is 0. The Labute approximate surface area is 123 Å². The molecule has 0 saturated carbocycles. The molecule has 112 valence electrons. The van der Waals surface area contributed by atoms with E-state index < -0.39 is 10.0 Å². The van der Waals surface area contributed by atoms with Crippen molar-refractivity contribution in [1.82, 2.24) is 0 Å². The average Bonchev–Trinajstić information content (AvgIpc) is 2.41. The van der Waals surface area contributed by atoms with Crippen LogP contribution in [0.5, 0.6) is 0 Å². The van der Waals surface area contributed by atoms with E-state index in [1.54, 1.807) is 30.3 Å². The van der Waals surface area contributed by atoms with Crippen LogP contribution in [0.3, 0.4) is 0 Å². The SMILES string of the molecule is CC(Cc1ccc(F)cc1)Nc1ccccc1S(N)(=O)=O. The fourth-order valence-corrected chi connectivity index (χ4v) is 2.83. The van der Waals surface area contributed by atoms with Crippen molar-refractivity contribution in [3.63, 3.8) is 0 Å². The van der Waals surface area contributed by atoms with E-state index in [0.717, 1.165) is 5.56 Å². The Kier molecular flexibility index (Phi) is 4.59. The monoisotopic (exact) mass is 308 g/mol. The van der Waals surface area contributed by atoms with Crippen LogP contribution in [0.2, 0.25) is 0 Å². The quantitative estimate of drug-likeness (QED) is 0.891. The van der Waals surface area contributed by atoms with Gasteiger partial charge in [0.25, 0.3) is 0 Å². The lowest BCUT2D eigenvalue weighted by Gasteiger charge is -2.17. The standard InChI is InChI=1S/C15H17FN2O2S/c1-11(10-12-6-8-13(16)9-7-12)18-14-4-2-3-5-15(14)21(17,19)20/h2-9,11,18H,10H2,1H3,(H2,17,19,20). The van der Waals surface area contributed by atoms with Crippen LogP contribution in [0.1, 0.15) is 12.5 Å². The van der Waals surface area contributed by atoms with E-state index in [-0.39, 0.29) is 16.8 Å². The van der Waals surface area contributed by atoms with E-state index in [4.69, 9.17) is 5.14 Å². The summed E-state index contributed by atoms with van der Waals surface area (Å²) in [6.45, 7) is 1.92. The Morgan fingerprint density at radius 1 is 1.14 bits per heavy atom. The molecule has 0 spiro atoms. The minimum absolute atomic E-state index is 0.0293. The Morgan fingerprint density at radius 2 is 1.76 bits per heavy atom. The zero-order chi connectivity index (χ0) is 15.5. The first kappa shape index (κ1) is 15.5. The molecule has 0 aliphatic heterocycles. The van der Waals surface area contributed by atoms with Crippen LogP contribution in [0.4, 0.5) is 10.1 Å². The van der Waals surface area contributed by atoms with Crippen molar-refractivity contribution in [1.29, 1.82) is 0 Å². The molecule has 0 aromatic heterocycles. The van der Waals surface area contributed by atoms with Gasteiger partial charge in [0.15, 0.2) is 0 Å². The lowest BCUT2D eigenvalue weighted by molar-refractivity contribution is 0.598. The van der Waals surface area contributed by atoms with Crippen molar-refractivity contribution in [3.05, 3.63) is 59.9 Å². The van der Waals surface area contributed by atoms with E-state index in [1.165, 1.54) is 18.2 Å². The van der Waals surface area contributed by atoms with Gasteiger partial charge in [0, 0.05) is 6.04 Å². The van der Waals surface area contributed by atoms with Gasteiger partial charge in [-0.3, -0.25) is 0 Å². The number of halogens is 1. The molecule has 1 atom stereocenters. The Bertz CT molecular complexity index is 715. The molecular formula is C15H17FN2O2S. The first-order valence-corrected chi connectivity index (χ1v) is 8.04. The van der Waals surface area contributed by atoms with Gasteiger partial charge in [-0.2, -0.15) is 0 Å². The highest BCUT2D eigenvalue weighted by Crippen LogP contribution is 2.21. The lowest BCUT2D eigenvalue weighted by Crippen LogP contribution is -2.21. The van der Waals surface area contributed by atoms with Crippen molar-refractivity contribution in [2.75, 3.05) is 5.32 Å². The highest BCUT2D eigenvalue weighted by Gasteiger charge is 2.14. The van der Waals surface area contributed by atoms with Gasteiger partial charge in [0.1, 0.15) is 10.7 Å². The summed E-state index contributed by atoms with van der Waals surface area (Å²) in [5.41, 5.74) is 1.43. The van der Waals surface area contributed by atoms with Crippen LogP contribution in [0, 0.1) is 5.82 Å². The number of sulfonamides is 1. The largest absolute Gasteiger partial charge is 0.381 e. The number of benzene rings is 2. The van der Waals surface area contributed by atoms with Gasteiger partial charge in [-0.25, -0.2) is 17.9 Å². The highest BCUT2D eigenvalue weighted by atomic mass is 32.2. The second-order valence-corrected chi connectivity index (χ2v) is 6.45. The lowest BCUT2D eigenvalue weighted by atomic mass is 10.1. The second-order valence-electron chi connectivity index (χ2n) is 4.92. The fourth-order valence-electron chi connectivity index (χ4n) is 2.12. The van der Waals surface area contributed by atoms with Crippen molar-refractivity contribution >= 4 is 15.7 Å². The molecule has 6 heteroatoms. The van der Waals surface area contributed by atoms with Gasteiger partial charge in [-0.15, -0.1) is 0 Å². The molecule has 2 rings (SSSR count). The minimum atomic E-state index is -3.77. The van der Waals surface area contributed by atoms with Gasteiger partial charge >= 0.3 is 0 Å². The zero-order valence-electron chi connectivity index (χ0n) is 11.6. The third kappa shape index (κ3) is 4.27. The Hall–Kier alpha value is -1.92. The van der Waals surface area contributed by atoms with Crippen LogP contribution in [-0.4, -0.2) is 14.5 Å². The molecule has 1 unspecified atom stereocenters. The van der Waals surface area contributed by atoms with Crippen LogP contribution in [-0.2, 0) is 16.4 Å². The minimum Gasteiger partial charge on any atom is -0.381 e. The van der Waals surface area contributed by atoms with Crippen molar-refractivity contribution in [2.45, 2.75) is 24.3 Å². The fraction of sp³-hybridized carbons (Fsp3) is 0.200. The second kappa shape index (κ2) is 6.24. The Balaban J connectivity index is 2.13. The highest BCUT2D eigenvalue weighted by molar-refractivity contribution is 7.89. The average molecular weight is 308 g/mol. The summed E-state index contributed by atoms with van der Waals surface area (Å²) in [6, 6.07) is 12.7. The van der Waals surface area contributed by atoms with Crippen molar-refractivity contribution in [2.24, 2.45) is 5.14 Å². The first-order chi connectivity index (χ1) is 9.86. The van der Waals surface area contributed by atoms with Gasteiger partial charge < -0.3 is 5.32 Å². The number of hydrogen-bond donors (Lipinski definition) is 2. The van der Waals surface area contributed by atoms with E-state index in [0.29, 0.717) is 12.1 Å². The normalized spacial score (nSPS) is 12.9. The molecular weight excluding hydrogens is 291 g/mol. The number of para-hydroxylation sites is 1. The van der Waals surface area contributed by atoms with Gasteiger partial charge in [-0.1, -0.05) is 24.3 Å². The maximum absolute atomic E-state index is 12.9. The van der Waals surface area contributed by atoms with Crippen molar-refractivity contribution < 1.29 is 12.8 Å². The molecule has 0 heterocycles. The van der Waals surface area contributed by atoms with Crippen LogP contribution < -0.4 is 10.5 Å². The van der Waals surface area contributed by atoms with Crippen LogP contribution in [0.15, 0.2) is 53.4 Å². The molecule has 4 nitrogen and oxygen atoms in total. The van der Waals surface area contributed by atoms with Crippen LogP contribution >= 0.6 is 0 Å². The third-order valence-corrected chi connectivity index (χ3v) is 4.02. The van der Waals surface area contributed by atoms with Crippen LogP contribution in [0.25, 0.3) is 0 Å². The molecule has 0 aliphatic carbocycles. The number of anilines is 1. The van der Waals surface area contributed by atoms with Gasteiger partial charge in [0.2, 0.25) is 10.0 Å². The maximum atomic E-state index is 12.9. The summed E-state index contributed by atoms with van der Waals surface area (Å²) in [5.74, 6) is -0.279. The van der Waals surface area contributed by atoms with E-state index in [1.807, 2.05) is 6.92 Å². The van der Waals surface area contributed by atoms with Crippen molar-refractivity contribution in [3.8, 4) is 0 Å². The number of rotatable bonds is 5. The maximum Gasteiger partial charge on any atom is 0.240 e. The molecule has 2 aromatic rings. The topological polar surface area (TPSA) is 72.2 Å².